The predicted molar refractivity (Wildman–Crippen MR) is 90.7 cm³/mol. The second-order valence-corrected chi connectivity index (χ2v) is 5.58. The van der Waals surface area contributed by atoms with Crippen molar-refractivity contribution in [1.29, 1.82) is 0 Å². The number of hydrogen-bond acceptors (Lipinski definition) is 2. The highest BCUT2D eigenvalue weighted by Gasteiger charge is 2.09. The Morgan fingerprint density at radius 3 is 2.57 bits per heavy atom. The van der Waals surface area contributed by atoms with Crippen molar-refractivity contribution in [2.24, 2.45) is 0 Å². The van der Waals surface area contributed by atoms with E-state index in [-0.39, 0.29) is 6.04 Å². The van der Waals surface area contributed by atoms with E-state index in [2.05, 4.69) is 54.7 Å². The molecule has 0 saturated heterocycles. The first-order chi connectivity index (χ1) is 10.3. The monoisotopic (exact) mass is 285 g/mol. The number of unbranched alkanes of at least 4 members (excludes halogenated alkanes) is 3. The van der Waals surface area contributed by atoms with Gasteiger partial charge in [0, 0.05) is 6.61 Å². The molecule has 0 bridgehead atoms. The average Bonchev–Trinajstić information content (AvgIpc) is 2.54. The molecule has 0 heterocycles. The second kappa shape index (κ2) is 8.81. The zero-order valence-corrected chi connectivity index (χ0v) is 13.3. The van der Waals surface area contributed by atoms with Gasteiger partial charge in [-0.1, -0.05) is 62.6 Å². The fourth-order valence-corrected chi connectivity index (χ4v) is 2.60. The average molecular weight is 285 g/mol. The number of fused-ring (bicyclic) bond motifs is 1. The predicted octanol–water partition coefficient (Wildman–Crippen LogP) is 4.70. The molecule has 1 unspecified atom stereocenters. The Kier molecular flexibility index (Phi) is 6.71. The second-order valence-electron chi connectivity index (χ2n) is 5.58. The summed E-state index contributed by atoms with van der Waals surface area (Å²) in [6.07, 6.45) is 5.03. The van der Waals surface area contributed by atoms with Crippen LogP contribution in [0, 0.1) is 0 Å². The lowest BCUT2D eigenvalue weighted by Crippen LogP contribution is -2.22. The number of likely N-dealkylation sites (N-methyl/N-ethyl adjacent to an activating group) is 1. The van der Waals surface area contributed by atoms with Gasteiger partial charge in [0.2, 0.25) is 0 Å². The molecule has 0 aliphatic carbocycles. The zero-order chi connectivity index (χ0) is 14.9. The third kappa shape index (κ3) is 4.83. The van der Waals surface area contributed by atoms with E-state index in [1.807, 2.05) is 7.05 Å². The van der Waals surface area contributed by atoms with Gasteiger partial charge in [0.15, 0.2) is 0 Å². The fourth-order valence-electron chi connectivity index (χ4n) is 2.60. The summed E-state index contributed by atoms with van der Waals surface area (Å²) < 4.78 is 5.84. The van der Waals surface area contributed by atoms with Crippen LogP contribution in [0.5, 0.6) is 0 Å². The highest BCUT2D eigenvalue weighted by Crippen LogP contribution is 2.20. The summed E-state index contributed by atoms with van der Waals surface area (Å²) in [5.41, 5.74) is 1.30. The minimum atomic E-state index is 0.265. The summed E-state index contributed by atoms with van der Waals surface area (Å²) >= 11 is 0. The summed E-state index contributed by atoms with van der Waals surface area (Å²) in [6, 6.07) is 15.4. The van der Waals surface area contributed by atoms with Crippen LogP contribution in [0.3, 0.4) is 0 Å². The van der Waals surface area contributed by atoms with Crippen molar-refractivity contribution in [1.82, 2.24) is 5.32 Å². The summed E-state index contributed by atoms with van der Waals surface area (Å²) in [5.74, 6) is 0. The van der Waals surface area contributed by atoms with Crippen LogP contribution in [0.15, 0.2) is 42.5 Å². The van der Waals surface area contributed by atoms with E-state index in [1.165, 1.54) is 42.0 Å². The van der Waals surface area contributed by atoms with Crippen LogP contribution in [0.1, 0.15) is 44.2 Å². The van der Waals surface area contributed by atoms with Gasteiger partial charge in [-0.05, 0) is 35.9 Å². The lowest BCUT2D eigenvalue weighted by molar-refractivity contribution is 0.110. The zero-order valence-electron chi connectivity index (χ0n) is 13.3. The van der Waals surface area contributed by atoms with Crippen LogP contribution >= 0.6 is 0 Å². The highest BCUT2D eigenvalue weighted by atomic mass is 16.5. The standard InChI is InChI=1S/C19H27NO/c1-3-4-5-8-13-21-15-19(20-2)18-12-11-16-9-6-7-10-17(16)14-18/h6-7,9-12,14,19-20H,3-5,8,13,15H2,1-2H3. The van der Waals surface area contributed by atoms with E-state index in [9.17, 15) is 0 Å². The number of nitrogens with one attached hydrogen (secondary N) is 1. The van der Waals surface area contributed by atoms with E-state index in [0.29, 0.717) is 0 Å². The Labute approximate surface area is 128 Å². The van der Waals surface area contributed by atoms with Crippen LogP contribution in [-0.4, -0.2) is 20.3 Å². The SMILES string of the molecule is CCCCCCOCC(NC)c1ccc2ccccc2c1. The maximum absolute atomic E-state index is 5.84. The topological polar surface area (TPSA) is 21.3 Å². The normalized spacial score (nSPS) is 12.7. The molecule has 2 aromatic rings. The third-order valence-corrected chi connectivity index (χ3v) is 3.95. The van der Waals surface area contributed by atoms with Crippen molar-refractivity contribution >= 4 is 10.8 Å². The molecule has 0 aliphatic heterocycles. The molecule has 2 rings (SSSR count). The van der Waals surface area contributed by atoms with Gasteiger partial charge in [-0.25, -0.2) is 0 Å². The first-order valence-electron chi connectivity index (χ1n) is 8.09. The van der Waals surface area contributed by atoms with Gasteiger partial charge in [-0.2, -0.15) is 0 Å². The van der Waals surface area contributed by atoms with Gasteiger partial charge in [0.1, 0.15) is 0 Å². The van der Waals surface area contributed by atoms with Crippen molar-refractivity contribution in [3.8, 4) is 0 Å². The minimum absolute atomic E-state index is 0.265. The number of benzene rings is 2. The molecule has 1 atom stereocenters. The smallest absolute Gasteiger partial charge is 0.0661 e. The first-order valence-corrected chi connectivity index (χ1v) is 8.09. The lowest BCUT2D eigenvalue weighted by atomic mass is 10.0. The first kappa shape index (κ1) is 16.0. The van der Waals surface area contributed by atoms with Gasteiger partial charge in [-0.3, -0.25) is 0 Å². The Morgan fingerprint density at radius 2 is 1.81 bits per heavy atom. The summed E-state index contributed by atoms with van der Waals surface area (Å²) in [6.45, 7) is 3.84. The summed E-state index contributed by atoms with van der Waals surface area (Å²) in [5, 5.41) is 5.94. The van der Waals surface area contributed by atoms with E-state index >= 15 is 0 Å². The summed E-state index contributed by atoms with van der Waals surface area (Å²) in [7, 11) is 2.00. The van der Waals surface area contributed by atoms with E-state index in [4.69, 9.17) is 4.74 Å². The Balaban J connectivity index is 1.89. The maximum atomic E-state index is 5.84. The highest BCUT2D eigenvalue weighted by molar-refractivity contribution is 5.83. The van der Waals surface area contributed by atoms with Crippen molar-refractivity contribution in [2.45, 2.75) is 38.6 Å². The van der Waals surface area contributed by atoms with Crippen LogP contribution in [-0.2, 0) is 4.74 Å². The van der Waals surface area contributed by atoms with Crippen molar-refractivity contribution in [2.75, 3.05) is 20.3 Å². The van der Waals surface area contributed by atoms with Crippen molar-refractivity contribution in [3.05, 3.63) is 48.0 Å². The molecule has 1 N–H and O–H groups in total. The van der Waals surface area contributed by atoms with Crippen molar-refractivity contribution < 1.29 is 4.74 Å². The molecule has 2 aromatic carbocycles. The van der Waals surface area contributed by atoms with Crippen LogP contribution in [0.2, 0.25) is 0 Å². The molecule has 0 fully saturated rings. The van der Waals surface area contributed by atoms with E-state index in [1.54, 1.807) is 0 Å². The van der Waals surface area contributed by atoms with Gasteiger partial charge >= 0.3 is 0 Å². The molecule has 114 valence electrons. The van der Waals surface area contributed by atoms with Crippen LogP contribution in [0.4, 0.5) is 0 Å². The Bertz CT molecular complexity index is 538. The molecular weight excluding hydrogens is 258 g/mol. The largest absolute Gasteiger partial charge is 0.379 e. The van der Waals surface area contributed by atoms with Gasteiger partial charge in [0.25, 0.3) is 0 Å². The third-order valence-electron chi connectivity index (χ3n) is 3.95. The molecular formula is C19H27NO. The molecule has 2 nitrogen and oxygen atoms in total. The number of hydrogen-bond donors (Lipinski definition) is 1. The molecule has 0 aliphatic rings. The maximum Gasteiger partial charge on any atom is 0.0661 e. The van der Waals surface area contributed by atoms with Crippen LogP contribution in [0.25, 0.3) is 10.8 Å². The van der Waals surface area contributed by atoms with Crippen molar-refractivity contribution in [3.63, 3.8) is 0 Å². The fraction of sp³-hybridized carbons (Fsp3) is 0.474. The Hall–Kier alpha value is -1.38. The molecule has 0 aromatic heterocycles. The van der Waals surface area contributed by atoms with Gasteiger partial charge in [-0.15, -0.1) is 0 Å². The summed E-state index contributed by atoms with van der Waals surface area (Å²) in [4.78, 5) is 0. The van der Waals surface area contributed by atoms with Crippen LogP contribution < -0.4 is 5.32 Å². The molecule has 2 heteroatoms. The van der Waals surface area contributed by atoms with Gasteiger partial charge in [0.05, 0.1) is 12.6 Å². The van der Waals surface area contributed by atoms with Gasteiger partial charge < -0.3 is 10.1 Å². The molecule has 21 heavy (non-hydrogen) atoms. The molecule has 0 spiro atoms. The Morgan fingerprint density at radius 1 is 1.00 bits per heavy atom. The number of rotatable bonds is 9. The minimum Gasteiger partial charge on any atom is -0.379 e. The molecule has 0 saturated carbocycles. The quantitative estimate of drug-likeness (QED) is 0.674. The number of ether oxygens (including phenoxy) is 1. The lowest BCUT2D eigenvalue weighted by Gasteiger charge is -2.17. The molecule has 0 amide bonds. The van der Waals surface area contributed by atoms with E-state index in [0.717, 1.165) is 13.2 Å². The molecule has 0 radical (unpaired) electrons. The van der Waals surface area contributed by atoms with E-state index < -0.39 is 0 Å².